The Balaban J connectivity index is 2.00. The molecule has 0 saturated carbocycles. The highest BCUT2D eigenvalue weighted by Crippen LogP contribution is 2.32. The molecule has 1 aliphatic heterocycles. The van der Waals surface area contributed by atoms with E-state index in [0.717, 1.165) is 5.69 Å². The predicted molar refractivity (Wildman–Crippen MR) is 83.4 cm³/mol. The number of nitrogens with zero attached hydrogens (tertiary/aromatic N) is 2. The van der Waals surface area contributed by atoms with Gasteiger partial charge in [0.2, 0.25) is 0 Å². The number of likely N-dealkylation sites (tertiary alicyclic amines) is 1. The van der Waals surface area contributed by atoms with Crippen LogP contribution in [0.2, 0.25) is 0 Å². The molecule has 1 aromatic rings. The van der Waals surface area contributed by atoms with Crippen LogP contribution in [-0.4, -0.2) is 53.8 Å². The van der Waals surface area contributed by atoms with Gasteiger partial charge in [0.25, 0.3) is 0 Å². The monoisotopic (exact) mass is 327 g/mol. The molecule has 0 spiro atoms. The van der Waals surface area contributed by atoms with E-state index in [9.17, 15) is 14.7 Å². The standard InChI is InChI=1S/C14H21N3O4S/c1-9(2)10-6-22-12(15-10)16-13(20)17-5-4-14(7-17,8-21-3)11(18)19/h6,9H,4-5,7-8H2,1-3H3,(H,18,19)(H,15,16,20). The zero-order valence-electron chi connectivity index (χ0n) is 13.0. The van der Waals surface area contributed by atoms with E-state index in [1.165, 1.54) is 23.3 Å². The number of anilines is 1. The molecule has 22 heavy (non-hydrogen) atoms. The average molecular weight is 327 g/mol. The molecule has 1 atom stereocenters. The molecule has 0 aliphatic carbocycles. The maximum atomic E-state index is 12.3. The fraction of sp³-hybridized carbons (Fsp3) is 0.643. The molecule has 2 heterocycles. The maximum Gasteiger partial charge on any atom is 0.323 e. The third kappa shape index (κ3) is 3.38. The van der Waals surface area contributed by atoms with Crippen molar-refractivity contribution in [2.24, 2.45) is 5.41 Å². The minimum atomic E-state index is -1.02. The number of urea groups is 1. The van der Waals surface area contributed by atoms with Crippen molar-refractivity contribution < 1.29 is 19.4 Å². The Morgan fingerprint density at radius 1 is 1.59 bits per heavy atom. The molecule has 1 saturated heterocycles. The summed E-state index contributed by atoms with van der Waals surface area (Å²) in [5, 5.41) is 14.6. The Hall–Kier alpha value is -1.67. The number of ether oxygens (including phenoxy) is 1. The molecule has 0 bridgehead atoms. The highest BCUT2D eigenvalue weighted by Gasteiger charge is 2.46. The van der Waals surface area contributed by atoms with Crippen LogP contribution in [0.1, 0.15) is 31.9 Å². The first-order chi connectivity index (χ1) is 10.4. The number of carboxylic acids is 1. The van der Waals surface area contributed by atoms with Crippen LogP contribution in [0.5, 0.6) is 0 Å². The van der Waals surface area contributed by atoms with Crippen molar-refractivity contribution in [2.75, 3.05) is 32.1 Å². The number of hydrogen-bond donors (Lipinski definition) is 2. The lowest BCUT2D eigenvalue weighted by molar-refractivity contribution is -0.151. The molecule has 8 heteroatoms. The normalized spacial score (nSPS) is 21.4. The van der Waals surface area contributed by atoms with E-state index >= 15 is 0 Å². The molecule has 7 nitrogen and oxygen atoms in total. The third-order valence-electron chi connectivity index (χ3n) is 3.84. The predicted octanol–water partition coefficient (Wildman–Crippen LogP) is 2.22. The van der Waals surface area contributed by atoms with Gasteiger partial charge in [-0.1, -0.05) is 13.8 Å². The van der Waals surface area contributed by atoms with Gasteiger partial charge in [-0.2, -0.15) is 0 Å². The minimum absolute atomic E-state index is 0.0981. The topological polar surface area (TPSA) is 91.8 Å². The van der Waals surface area contributed by atoms with Crippen molar-refractivity contribution >= 4 is 28.5 Å². The summed E-state index contributed by atoms with van der Waals surface area (Å²) in [6.07, 6.45) is 0.388. The van der Waals surface area contributed by atoms with Crippen LogP contribution < -0.4 is 5.32 Å². The summed E-state index contributed by atoms with van der Waals surface area (Å²) < 4.78 is 5.02. The van der Waals surface area contributed by atoms with E-state index < -0.39 is 11.4 Å². The van der Waals surface area contributed by atoms with Crippen LogP contribution >= 0.6 is 11.3 Å². The van der Waals surface area contributed by atoms with Crippen LogP contribution in [0.25, 0.3) is 0 Å². The van der Waals surface area contributed by atoms with Gasteiger partial charge in [-0.15, -0.1) is 11.3 Å². The van der Waals surface area contributed by atoms with Crippen LogP contribution in [0.3, 0.4) is 0 Å². The fourth-order valence-corrected chi connectivity index (χ4v) is 3.32. The number of thiazole rings is 1. The molecule has 0 radical (unpaired) electrons. The van der Waals surface area contributed by atoms with Crippen LogP contribution in [0.4, 0.5) is 9.93 Å². The molecule has 2 rings (SSSR count). The summed E-state index contributed by atoms with van der Waals surface area (Å²) in [6.45, 7) is 4.70. The zero-order valence-corrected chi connectivity index (χ0v) is 13.8. The smallest absolute Gasteiger partial charge is 0.323 e. The van der Waals surface area contributed by atoms with Crippen molar-refractivity contribution in [3.63, 3.8) is 0 Å². The first-order valence-corrected chi connectivity index (χ1v) is 7.99. The van der Waals surface area contributed by atoms with E-state index in [1.807, 2.05) is 19.2 Å². The number of aromatic nitrogens is 1. The number of methoxy groups -OCH3 is 1. The number of nitrogens with one attached hydrogen (secondary N) is 1. The van der Waals surface area contributed by atoms with Gasteiger partial charge in [-0.05, 0) is 12.3 Å². The fourth-order valence-electron chi connectivity index (χ4n) is 2.46. The summed E-state index contributed by atoms with van der Waals surface area (Å²) in [5.41, 5.74) is -0.0843. The minimum Gasteiger partial charge on any atom is -0.481 e. The Bertz CT molecular complexity index is 560. The maximum absolute atomic E-state index is 12.3. The highest BCUT2D eigenvalue weighted by molar-refractivity contribution is 7.13. The SMILES string of the molecule is COCC1(C(=O)O)CCN(C(=O)Nc2nc(C(C)C)cs2)C1. The molecule has 1 aromatic heterocycles. The third-order valence-corrected chi connectivity index (χ3v) is 4.62. The number of carboxylic acid groups (broad SMARTS) is 1. The van der Waals surface area contributed by atoms with Gasteiger partial charge in [0.15, 0.2) is 5.13 Å². The molecule has 0 aromatic carbocycles. The van der Waals surface area contributed by atoms with E-state index in [1.54, 1.807) is 0 Å². The van der Waals surface area contributed by atoms with E-state index in [-0.39, 0.29) is 19.2 Å². The number of rotatable bonds is 5. The number of carbonyl (C=O) groups is 2. The second-order valence-electron chi connectivity index (χ2n) is 5.85. The molecule has 1 unspecified atom stereocenters. The quantitative estimate of drug-likeness (QED) is 0.865. The van der Waals surface area contributed by atoms with Crippen molar-refractivity contribution in [3.05, 3.63) is 11.1 Å². The first kappa shape index (κ1) is 16.7. The lowest BCUT2D eigenvalue weighted by Crippen LogP contribution is -2.41. The first-order valence-electron chi connectivity index (χ1n) is 7.11. The van der Waals surface area contributed by atoms with Crippen molar-refractivity contribution in [1.29, 1.82) is 0 Å². The lowest BCUT2D eigenvalue weighted by Gasteiger charge is -2.23. The second-order valence-corrected chi connectivity index (χ2v) is 6.71. The number of carbonyl (C=O) groups excluding carboxylic acids is 1. The molecular weight excluding hydrogens is 306 g/mol. The van der Waals surface area contributed by atoms with Crippen molar-refractivity contribution in [1.82, 2.24) is 9.88 Å². The second kappa shape index (κ2) is 6.62. The van der Waals surface area contributed by atoms with Crippen molar-refractivity contribution in [3.8, 4) is 0 Å². The summed E-state index contributed by atoms with van der Waals surface area (Å²) >= 11 is 1.37. The molecule has 1 aliphatic rings. The van der Waals surface area contributed by atoms with Gasteiger partial charge in [0.05, 0.1) is 12.3 Å². The van der Waals surface area contributed by atoms with Gasteiger partial charge >= 0.3 is 12.0 Å². The lowest BCUT2D eigenvalue weighted by atomic mass is 9.88. The largest absolute Gasteiger partial charge is 0.481 e. The number of hydrogen-bond acceptors (Lipinski definition) is 5. The van der Waals surface area contributed by atoms with Gasteiger partial charge < -0.3 is 14.7 Å². The van der Waals surface area contributed by atoms with Gasteiger partial charge in [-0.3, -0.25) is 10.1 Å². The average Bonchev–Trinajstić information content (AvgIpc) is 3.07. The Labute approximate surface area is 133 Å². The number of amides is 2. The van der Waals surface area contributed by atoms with Gasteiger partial charge in [-0.25, -0.2) is 9.78 Å². The van der Waals surface area contributed by atoms with E-state index in [0.29, 0.717) is 24.0 Å². The summed E-state index contributed by atoms with van der Waals surface area (Å²) in [5.74, 6) is -0.629. The Kier molecular flexibility index (Phi) is 5.02. The van der Waals surface area contributed by atoms with Crippen molar-refractivity contribution in [2.45, 2.75) is 26.2 Å². The van der Waals surface area contributed by atoms with E-state index in [4.69, 9.17) is 4.74 Å². The molecule has 2 amide bonds. The summed E-state index contributed by atoms with van der Waals surface area (Å²) in [7, 11) is 1.47. The molecule has 2 N–H and O–H groups in total. The Morgan fingerprint density at radius 2 is 2.32 bits per heavy atom. The van der Waals surface area contributed by atoms with Crippen LogP contribution in [-0.2, 0) is 9.53 Å². The zero-order chi connectivity index (χ0) is 16.3. The summed E-state index contributed by atoms with van der Waals surface area (Å²) in [6, 6.07) is -0.316. The highest BCUT2D eigenvalue weighted by atomic mass is 32.1. The summed E-state index contributed by atoms with van der Waals surface area (Å²) in [4.78, 5) is 29.6. The molecular formula is C14H21N3O4S. The van der Waals surface area contributed by atoms with Crippen LogP contribution in [0.15, 0.2) is 5.38 Å². The van der Waals surface area contributed by atoms with Gasteiger partial charge in [0, 0.05) is 25.6 Å². The molecule has 1 fully saturated rings. The van der Waals surface area contributed by atoms with Gasteiger partial charge in [0.1, 0.15) is 5.41 Å². The molecule has 122 valence electrons. The Morgan fingerprint density at radius 3 is 2.86 bits per heavy atom. The van der Waals surface area contributed by atoms with Crippen LogP contribution in [0, 0.1) is 5.41 Å². The van der Waals surface area contributed by atoms with E-state index in [2.05, 4.69) is 10.3 Å². The number of aliphatic carboxylic acids is 1.